The van der Waals surface area contributed by atoms with Crippen molar-refractivity contribution in [2.45, 2.75) is 26.8 Å². The zero-order chi connectivity index (χ0) is 12.2. The average molecular weight is 213 g/mol. The van der Waals surface area contributed by atoms with Crippen LogP contribution in [0.15, 0.2) is 6.33 Å². The summed E-state index contributed by atoms with van der Waals surface area (Å²) in [7, 11) is 0. The van der Waals surface area contributed by atoms with Crippen molar-refractivity contribution in [1.29, 1.82) is 15.8 Å². The Morgan fingerprint density at radius 3 is 2.50 bits per heavy atom. The quantitative estimate of drug-likeness (QED) is 0.762. The van der Waals surface area contributed by atoms with Gasteiger partial charge in [0.1, 0.15) is 12.1 Å². The molecule has 0 atom stereocenters. The van der Waals surface area contributed by atoms with Crippen LogP contribution in [0.4, 0.5) is 0 Å². The van der Waals surface area contributed by atoms with Gasteiger partial charge in [-0.15, -0.1) is 0 Å². The number of imidazole rings is 1. The summed E-state index contributed by atoms with van der Waals surface area (Å²) in [4.78, 5) is 3.83. The molecule has 0 fully saturated rings. The van der Waals surface area contributed by atoms with Crippen molar-refractivity contribution in [3.05, 3.63) is 17.7 Å². The second kappa shape index (κ2) is 4.47. The standard InChI is InChI=1S/C11H11N5/c1-11(2,7-14)3-4-16-8-15-9(5-12)10(16)6-13/h8H,3-4H2,1-2H3. The number of aromatic nitrogens is 2. The van der Waals surface area contributed by atoms with Gasteiger partial charge in [0.25, 0.3) is 0 Å². The molecule has 0 amide bonds. The molecule has 0 unspecified atom stereocenters. The molecule has 1 aromatic heterocycles. The first-order chi connectivity index (χ1) is 7.54. The predicted molar refractivity (Wildman–Crippen MR) is 55.7 cm³/mol. The van der Waals surface area contributed by atoms with E-state index in [-0.39, 0.29) is 11.4 Å². The van der Waals surface area contributed by atoms with Gasteiger partial charge in [0.05, 0.1) is 17.8 Å². The molecule has 1 aromatic rings. The summed E-state index contributed by atoms with van der Waals surface area (Å²) >= 11 is 0. The third kappa shape index (κ3) is 2.38. The fraction of sp³-hybridized carbons (Fsp3) is 0.455. The molecule has 0 radical (unpaired) electrons. The molecule has 1 rings (SSSR count). The Balaban J connectivity index is 2.86. The molecule has 0 aliphatic carbocycles. The Bertz CT molecular complexity index is 504. The summed E-state index contributed by atoms with van der Waals surface area (Å²) < 4.78 is 1.61. The third-order valence-corrected chi connectivity index (χ3v) is 2.33. The molecule has 16 heavy (non-hydrogen) atoms. The number of rotatable bonds is 3. The van der Waals surface area contributed by atoms with Crippen LogP contribution >= 0.6 is 0 Å². The van der Waals surface area contributed by atoms with Gasteiger partial charge in [-0.3, -0.25) is 0 Å². The lowest BCUT2D eigenvalue weighted by Gasteiger charge is -2.15. The summed E-state index contributed by atoms with van der Waals surface area (Å²) in [5, 5.41) is 26.4. The third-order valence-electron chi connectivity index (χ3n) is 2.33. The molecule has 5 nitrogen and oxygen atoms in total. The Labute approximate surface area is 94.2 Å². The van der Waals surface area contributed by atoms with Gasteiger partial charge >= 0.3 is 0 Å². The molecule has 0 saturated heterocycles. The second-order valence-electron chi connectivity index (χ2n) is 4.10. The largest absolute Gasteiger partial charge is 0.321 e. The van der Waals surface area contributed by atoms with E-state index in [4.69, 9.17) is 15.8 Å². The highest BCUT2D eigenvalue weighted by atomic mass is 15.1. The van der Waals surface area contributed by atoms with Gasteiger partial charge in [-0.25, -0.2) is 4.98 Å². The fourth-order valence-electron chi connectivity index (χ4n) is 1.21. The first-order valence-electron chi connectivity index (χ1n) is 4.80. The minimum Gasteiger partial charge on any atom is -0.321 e. The van der Waals surface area contributed by atoms with Crippen molar-refractivity contribution < 1.29 is 0 Å². The average Bonchev–Trinajstić information content (AvgIpc) is 2.68. The molecule has 0 N–H and O–H groups in total. The number of nitrogens with zero attached hydrogens (tertiary/aromatic N) is 5. The minimum atomic E-state index is -0.441. The molecule has 0 spiro atoms. The van der Waals surface area contributed by atoms with Crippen LogP contribution in [0.2, 0.25) is 0 Å². The zero-order valence-corrected chi connectivity index (χ0v) is 9.23. The molecular formula is C11H11N5. The van der Waals surface area contributed by atoms with Crippen molar-refractivity contribution in [1.82, 2.24) is 9.55 Å². The van der Waals surface area contributed by atoms with Gasteiger partial charge in [0.2, 0.25) is 0 Å². The lowest BCUT2D eigenvalue weighted by molar-refractivity contribution is 0.412. The number of aryl methyl sites for hydroxylation is 1. The van der Waals surface area contributed by atoms with Crippen molar-refractivity contribution in [3.8, 4) is 18.2 Å². The molecule has 0 aromatic carbocycles. The van der Waals surface area contributed by atoms with E-state index in [1.54, 1.807) is 4.57 Å². The van der Waals surface area contributed by atoms with E-state index < -0.39 is 5.41 Å². The van der Waals surface area contributed by atoms with E-state index in [0.29, 0.717) is 13.0 Å². The second-order valence-corrected chi connectivity index (χ2v) is 4.10. The summed E-state index contributed by atoms with van der Waals surface area (Å²) in [6.45, 7) is 4.18. The van der Waals surface area contributed by atoms with E-state index in [2.05, 4.69) is 11.1 Å². The van der Waals surface area contributed by atoms with Crippen molar-refractivity contribution in [2.75, 3.05) is 0 Å². The Kier molecular flexibility index (Phi) is 3.28. The van der Waals surface area contributed by atoms with Gasteiger partial charge in [-0.2, -0.15) is 15.8 Å². The highest BCUT2D eigenvalue weighted by Gasteiger charge is 2.18. The molecule has 0 saturated carbocycles. The van der Waals surface area contributed by atoms with E-state index in [1.165, 1.54) is 6.33 Å². The number of hydrogen-bond acceptors (Lipinski definition) is 4. The SMILES string of the molecule is CC(C)(C#N)CCn1cnc(C#N)c1C#N. The van der Waals surface area contributed by atoms with Crippen molar-refractivity contribution >= 4 is 0 Å². The highest BCUT2D eigenvalue weighted by molar-refractivity contribution is 5.35. The first kappa shape index (κ1) is 11.8. The summed E-state index contributed by atoms with van der Waals surface area (Å²) in [5.74, 6) is 0. The van der Waals surface area contributed by atoms with Crippen LogP contribution in [-0.4, -0.2) is 9.55 Å². The predicted octanol–water partition coefficient (Wildman–Crippen LogP) is 1.57. The van der Waals surface area contributed by atoms with E-state index in [9.17, 15) is 0 Å². The summed E-state index contributed by atoms with van der Waals surface area (Å²) in [6, 6.07) is 5.99. The van der Waals surface area contributed by atoms with Gasteiger partial charge in [-0.05, 0) is 20.3 Å². The number of hydrogen-bond donors (Lipinski definition) is 0. The van der Waals surface area contributed by atoms with Crippen molar-refractivity contribution in [3.63, 3.8) is 0 Å². The number of nitriles is 3. The maximum absolute atomic E-state index is 8.88. The first-order valence-corrected chi connectivity index (χ1v) is 4.80. The maximum Gasteiger partial charge on any atom is 0.176 e. The maximum atomic E-state index is 8.88. The molecule has 1 heterocycles. The monoisotopic (exact) mass is 213 g/mol. The Morgan fingerprint density at radius 1 is 1.31 bits per heavy atom. The Morgan fingerprint density at radius 2 is 2.00 bits per heavy atom. The fourth-order valence-corrected chi connectivity index (χ4v) is 1.21. The Hall–Kier alpha value is -2.32. The molecule has 0 bridgehead atoms. The molecular weight excluding hydrogens is 202 g/mol. The van der Waals surface area contributed by atoms with Crippen LogP contribution in [0.25, 0.3) is 0 Å². The van der Waals surface area contributed by atoms with Gasteiger partial charge < -0.3 is 4.57 Å². The normalized spacial score (nSPS) is 10.2. The molecule has 0 aliphatic rings. The van der Waals surface area contributed by atoms with Crippen LogP contribution < -0.4 is 0 Å². The zero-order valence-electron chi connectivity index (χ0n) is 9.23. The molecule has 5 heteroatoms. The lowest BCUT2D eigenvalue weighted by atomic mass is 9.91. The highest BCUT2D eigenvalue weighted by Crippen LogP contribution is 2.20. The molecule has 0 aliphatic heterocycles. The lowest BCUT2D eigenvalue weighted by Crippen LogP contribution is -2.12. The van der Waals surface area contributed by atoms with Crippen molar-refractivity contribution in [2.24, 2.45) is 5.41 Å². The van der Waals surface area contributed by atoms with Crippen LogP contribution in [0.5, 0.6) is 0 Å². The van der Waals surface area contributed by atoms with E-state index in [1.807, 2.05) is 26.0 Å². The van der Waals surface area contributed by atoms with Gasteiger partial charge in [0, 0.05) is 6.54 Å². The van der Waals surface area contributed by atoms with Gasteiger partial charge in [0.15, 0.2) is 11.4 Å². The smallest absolute Gasteiger partial charge is 0.176 e. The van der Waals surface area contributed by atoms with Crippen LogP contribution in [0, 0.1) is 39.4 Å². The van der Waals surface area contributed by atoms with Gasteiger partial charge in [-0.1, -0.05) is 0 Å². The summed E-state index contributed by atoms with van der Waals surface area (Å²) in [5.41, 5.74) is -0.0439. The van der Waals surface area contributed by atoms with E-state index >= 15 is 0 Å². The van der Waals surface area contributed by atoms with E-state index in [0.717, 1.165) is 0 Å². The minimum absolute atomic E-state index is 0.136. The van der Waals surface area contributed by atoms with Crippen LogP contribution in [0.3, 0.4) is 0 Å². The summed E-state index contributed by atoms with van der Waals surface area (Å²) in [6.07, 6.45) is 2.07. The molecule has 80 valence electrons. The topological polar surface area (TPSA) is 89.2 Å². The van der Waals surface area contributed by atoms with Crippen LogP contribution in [-0.2, 0) is 6.54 Å². The van der Waals surface area contributed by atoms with Crippen LogP contribution in [0.1, 0.15) is 31.7 Å².